The van der Waals surface area contributed by atoms with Crippen LogP contribution in [0.1, 0.15) is 45.7 Å². The number of benzene rings is 1. The average Bonchev–Trinajstić information content (AvgIpc) is 2.47. The minimum atomic E-state index is 0.243. The Bertz CT molecular complexity index is 438. The highest BCUT2D eigenvalue weighted by atomic mass is 15.3. The summed E-state index contributed by atoms with van der Waals surface area (Å²) in [5.74, 6) is 0. The van der Waals surface area contributed by atoms with Gasteiger partial charge in [0.25, 0.3) is 0 Å². The summed E-state index contributed by atoms with van der Waals surface area (Å²) in [5, 5.41) is 3.55. The molecule has 2 rings (SSSR count). The highest BCUT2D eigenvalue weighted by Crippen LogP contribution is 2.25. The normalized spacial score (nSPS) is 20.5. The second-order valence-electron chi connectivity index (χ2n) is 6.92. The van der Waals surface area contributed by atoms with Crippen molar-refractivity contribution in [1.29, 1.82) is 0 Å². The van der Waals surface area contributed by atoms with Crippen molar-refractivity contribution in [1.82, 2.24) is 10.2 Å². The van der Waals surface area contributed by atoms with Crippen molar-refractivity contribution < 1.29 is 0 Å². The molecule has 0 aliphatic carbocycles. The van der Waals surface area contributed by atoms with Crippen LogP contribution in [0.25, 0.3) is 0 Å². The first kappa shape index (κ1) is 16.3. The van der Waals surface area contributed by atoms with E-state index in [1.54, 1.807) is 0 Å². The summed E-state index contributed by atoms with van der Waals surface area (Å²) < 4.78 is 0. The van der Waals surface area contributed by atoms with Crippen LogP contribution in [-0.2, 0) is 0 Å². The van der Waals surface area contributed by atoms with Crippen molar-refractivity contribution in [3.05, 3.63) is 29.8 Å². The van der Waals surface area contributed by atoms with Crippen molar-refractivity contribution in [3.8, 4) is 0 Å². The van der Waals surface area contributed by atoms with Crippen molar-refractivity contribution >= 4 is 5.69 Å². The molecule has 1 saturated heterocycles. The number of hydrogen-bond donors (Lipinski definition) is 1. The van der Waals surface area contributed by atoms with Gasteiger partial charge in [-0.1, -0.05) is 19.1 Å². The summed E-state index contributed by atoms with van der Waals surface area (Å²) in [6.45, 7) is 13.5. The molecular weight excluding hydrogens is 258 g/mol. The van der Waals surface area contributed by atoms with Crippen LogP contribution in [0.5, 0.6) is 0 Å². The fourth-order valence-electron chi connectivity index (χ4n) is 2.91. The van der Waals surface area contributed by atoms with Crippen LogP contribution >= 0.6 is 0 Å². The van der Waals surface area contributed by atoms with E-state index in [2.05, 4.69) is 74.1 Å². The lowest BCUT2D eigenvalue weighted by Crippen LogP contribution is -2.57. The minimum Gasteiger partial charge on any atom is -0.368 e. The van der Waals surface area contributed by atoms with E-state index in [-0.39, 0.29) is 5.54 Å². The number of piperazine rings is 1. The lowest BCUT2D eigenvalue weighted by Gasteiger charge is -2.46. The predicted molar refractivity (Wildman–Crippen MR) is 92.1 cm³/mol. The van der Waals surface area contributed by atoms with Crippen LogP contribution in [0.15, 0.2) is 24.3 Å². The van der Waals surface area contributed by atoms with Crippen LogP contribution in [-0.4, -0.2) is 43.7 Å². The Hall–Kier alpha value is -1.06. The van der Waals surface area contributed by atoms with E-state index in [9.17, 15) is 0 Å². The van der Waals surface area contributed by atoms with Crippen molar-refractivity contribution in [2.75, 3.05) is 38.1 Å². The lowest BCUT2D eigenvalue weighted by molar-refractivity contribution is 0.139. The molecule has 1 aliphatic rings. The first-order valence-corrected chi connectivity index (χ1v) is 8.23. The Morgan fingerprint density at radius 2 is 1.86 bits per heavy atom. The van der Waals surface area contributed by atoms with Gasteiger partial charge in [-0.25, -0.2) is 0 Å². The Morgan fingerprint density at radius 3 is 2.43 bits per heavy atom. The van der Waals surface area contributed by atoms with Gasteiger partial charge in [0, 0.05) is 36.9 Å². The molecule has 21 heavy (non-hydrogen) atoms. The lowest BCUT2D eigenvalue weighted by atomic mass is 9.99. The molecule has 0 radical (unpaired) electrons. The summed E-state index contributed by atoms with van der Waals surface area (Å²) in [4.78, 5) is 4.96. The Balaban J connectivity index is 2.02. The third-order valence-corrected chi connectivity index (χ3v) is 4.78. The second-order valence-corrected chi connectivity index (χ2v) is 6.92. The van der Waals surface area contributed by atoms with Gasteiger partial charge in [-0.05, 0) is 58.5 Å². The average molecular weight is 289 g/mol. The predicted octanol–water partition coefficient (Wildman–Crippen LogP) is 3.28. The maximum Gasteiger partial charge on any atom is 0.0367 e. The molecule has 3 heteroatoms. The first-order chi connectivity index (χ1) is 9.94. The van der Waals surface area contributed by atoms with E-state index in [1.807, 2.05) is 0 Å². The molecule has 1 aliphatic heterocycles. The Morgan fingerprint density at radius 1 is 1.19 bits per heavy atom. The zero-order valence-electron chi connectivity index (χ0n) is 14.3. The van der Waals surface area contributed by atoms with E-state index in [1.165, 1.54) is 17.7 Å². The van der Waals surface area contributed by atoms with Crippen molar-refractivity contribution in [2.24, 2.45) is 0 Å². The van der Waals surface area contributed by atoms with Gasteiger partial charge in [0.2, 0.25) is 0 Å². The monoisotopic (exact) mass is 289 g/mol. The van der Waals surface area contributed by atoms with Crippen molar-refractivity contribution in [3.63, 3.8) is 0 Å². The van der Waals surface area contributed by atoms with E-state index >= 15 is 0 Å². The Kier molecular flexibility index (Phi) is 5.28. The molecule has 1 N–H and O–H groups in total. The van der Waals surface area contributed by atoms with E-state index in [0.29, 0.717) is 6.04 Å². The topological polar surface area (TPSA) is 18.5 Å². The van der Waals surface area contributed by atoms with Crippen LogP contribution < -0.4 is 10.2 Å². The zero-order valence-corrected chi connectivity index (χ0v) is 14.3. The van der Waals surface area contributed by atoms with Gasteiger partial charge >= 0.3 is 0 Å². The van der Waals surface area contributed by atoms with Gasteiger partial charge in [-0.2, -0.15) is 0 Å². The van der Waals surface area contributed by atoms with Crippen molar-refractivity contribution in [2.45, 2.75) is 45.7 Å². The third kappa shape index (κ3) is 3.98. The van der Waals surface area contributed by atoms with Crippen LogP contribution in [0.2, 0.25) is 0 Å². The number of rotatable bonds is 5. The molecule has 3 nitrogen and oxygen atoms in total. The fourth-order valence-corrected chi connectivity index (χ4v) is 2.91. The largest absolute Gasteiger partial charge is 0.368 e. The number of likely N-dealkylation sites (N-methyl/N-ethyl adjacent to an activating group) is 1. The number of anilines is 1. The molecule has 0 saturated carbocycles. The quantitative estimate of drug-likeness (QED) is 0.897. The summed E-state index contributed by atoms with van der Waals surface area (Å²) in [7, 11) is 2.22. The number of hydrogen-bond acceptors (Lipinski definition) is 3. The first-order valence-electron chi connectivity index (χ1n) is 8.23. The summed E-state index contributed by atoms with van der Waals surface area (Å²) >= 11 is 0. The molecule has 1 aromatic carbocycles. The van der Waals surface area contributed by atoms with Gasteiger partial charge in [0.1, 0.15) is 0 Å². The standard InChI is InChI=1S/C18H31N3/c1-6-11-19-15(2)16-7-9-17(10-8-16)21-13-12-20(5)18(3,4)14-21/h7-10,15,19H,6,11-14H2,1-5H3. The highest BCUT2D eigenvalue weighted by Gasteiger charge is 2.30. The SMILES string of the molecule is CCCNC(C)c1ccc(N2CCN(C)C(C)(C)C2)cc1. The number of nitrogens with zero attached hydrogens (tertiary/aromatic N) is 2. The Labute approximate surface area is 130 Å². The van der Waals surface area contributed by atoms with E-state index < -0.39 is 0 Å². The van der Waals surface area contributed by atoms with Crippen LogP contribution in [0.4, 0.5) is 5.69 Å². The molecule has 118 valence electrons. The zero-order chi connectivity index (χ0) is 15.5. The van der Waals surface area contributed by atoms with Gasteiger partial charge in [-0.3, -0.25) is 4.90 Å². The molecule has 0 aromatic heterocycles. The molecular formula is C18H31N3. The summed E-state index contributed by atoms with van der Waals surface area (Å²) in [6.07, 6.45) is 1.18. The van der Waals surface area contributed by atoms with E-state index in [4.69, 9.17) is 0 Å². The maximum absolute atomic E-state index is 3.55. The molecule has 1 unspecified atom stereocenters. The molecule has 0 amide bonds. The van der Waals surface area contributed by atoms with Gasteiger partial charge in [0.15, 0.2) is 0 Å². The van der Waals surface area contributed by atoms with Gasteiger partial charge in [0.05, 0.1) is 0 Å². The molecule has 0 bridgehead atoms. The fraction of sp³-hybridized carbons (Fsp3) is 0.667. The summed E-state index contributed by atoms with van der Waals surface area (Å²) in [5.41, 5.74) is 2.97. The van der Waals surface area contributed by atoms with Crippen LogP contribution in [0.3, 0.4) is 0 Å². The molecule has 1 aromatic rings. The second kappa shape index (κ2) is 6.80. The third-order valence-electron chi connectivity index (χ3n) is 4.78. The summed E-state index contributed by atoms with van der Waals surface area (Å²) in [6, 6.07) is 9.53. The highest BCUT2D eigenvalue weighted by molar-refractivity contribution is 5.49. The van der Waals surface area contributed by atoms with E-state index in [0.717, 1.165) is 26.2 Å². The minimum absolute atomic E-state index is 0.243. The van der Waals surface area contributed by atoms with Crippen LogP contribution in [0, 0.1) is 0 Å². The molecule has 0 spiro atoms. The number of nitrogens with one attached hydrogen (secondary N) is 1. The maximum atomic E-state index is 3.55. The molecule has 1 fully saturated rings. The molecule has 1 heterocycles. The van der Waals surface area contributed by atoms with Gasteiger partial charge < -0.3 is 10.2 Å². The molecule has 1 atom stereocenters. The van der Waals surface area contributed by atoms with Gasteiger partial charge in [-0.15, -0.1) is 0 Å². The smallest absolute Gasteiger partial charge is 0.0367 e.